The third kappa shape index (κ3) is 3.03. The van der Waals surface area contributed by atoms with Gasteiger partial charge in [-0.3, -0.25) is 4.90 Å². The molecule has 118 valence electrons. The van der Waals surface area contributed by atoms with Gasteiger partial charge in [0.2, 0.25) is 5.95 Å². The van der Waals surface area contributed by atoms with Crippen molar-refractivity contribution in [2.75, 3.05) is 31.1 Å². The molecule has 0 saturated carbocycles. The van der Waals surface area contributed by atoms with Crippen LogP contribution in [0.3, 0.4) is 0 Å². The summed E-state index contributed by atoms with van der Waals surface area (Å²) in [4.78, 5) is 16.6. The Morgan fingerprint density at radius 3 is 2.61 bits per heavy atom. The second-order valence-electron chi connectivity index (χ2n) is 5.84. The first-order chi connectivity index (χ1) is 11.3. The second-order valence-corrected chi connectivity index (χ2v) is 5.84. The SMILES string of the molecule is Fc1ccc2[nH]c(CN3CCN(c4ncccn4)CC3)cc2c1. The number of rotatable bonds is 3. The van der Waals surface area contributed by atoms with Gasteiger partial charge in [-0.05, 0) is 30.3 Å². The number of halogens is 1. The van der Waals surface area contributed by atoms with Gasteiger partial charge in [0.25, 0.3) is 0 Å². The Labute approximate surface area is 133 Å². The summed E-state index contributed by atoms with van der Waals surface area (Å²) in [6, 6.07) is 8.71. The molecule has 4 rings (SSSR count). The maximum atomic E-state index is 13.3. The van der Waals surface area contributed by atoms with Crippen LogP contribution in [-0.2, 0) is 6.54 Å². The summed E-state index contributed by atoms with van der Waals surface area (Å²) in [5.74, 6) is 0.604. The van der Waals surface area contributed by atoms with Crippen molar-refractivity contribution >= 4 is 16.9 Å². The van der Waals surface area contributed by atoms with Crippen LogP contribution in [0, 0.1) is 5.82 Å². The predicted octanol–water partition coefficient (Wildman–Crippen LogP) is 2.42. The lowest BCUT2D eigenvalue weighted by Crippen LogP contribution is -2.46. The fourth-order valence-electron chi connectivity index (χ4n) is 3.05. The van der Waals surface area contributed by atoms with E-state index in [9.17, 15) is 4.39 Å². The minimum absolute atomic E-state index is 0.195. The van der Waals surface area contributed by atoms with Crippen molar-refractivity contribution in [3.05, 3.63) is 54.2 Å². The van der Waals surface area contributed by atoms with Crippen molar-refractivity contribution in [1.82, 2.24) is 19.9 Å². The van der Waals surface area contributed by atoms with Crippen LogP contribution in [0.5, 0.6) is 0 Å². The smallest absolute Gasteiger partial charge is 0.225 e. The number of nitrogens with one attached hydrogen (secondary N) is 1. The van der Waals surface area contributed by atoms with Crippen LogP contribution in [0.15, 0.2) is 42.7 Å². The van der Waals surface area contributed by atoms with Crippen molar-refractivity contribution in [3.63, 3.8) is 0 Å². The molecule has 0 amide bonds. The summed E-state index contributed by atoms with van der Waals surface area (Å²) in [7, 11) is 0. The number of aromatic nitrogens is 3. The van der Waals surface area contributed by atoms with Crippen molar-refractivity contribution in [2.24, 2.45) is 0 Å². The zero-order chi connectivity index (χ0) is 15.6. The zero-order valence-electron chi connectivity index (χ0n) is 12.7. The molecular formula is C17H18FN5. The fourth-order valence-corrected chi connectivity index (χ4v) is 3.05. The second kappa shape index (κ2) is 5.96. The maximum Gasteiger partial charge on any atom is 0.225 e. The number of fused-ring (bicyclic) bond motifs is 1. The first-order valence-corrected chi connectivity index (χ1v) is 7.79. The Morgan fingerprint density at radius 2 is 1.83 bits per heavy atom. The van der Waals surface area contributed by atoms with E-state index in [1.54, 1.807) is 24.5 Å². The number of hydrogen-bond donors (Lipinski definition) is 1. The molecule has 0 spiro atoms. The van der Waals surface area contributed by atoms with Gasteiger partial charge in [0.1, 0.15) is 5.82 Å². The van der Waals surface area contributed by atoms with Crippen LogP contribution in [-0.4, -0.2) is 46.0 Å². The van der Waals surface area contributed by atoms with E-state index in [1.165, 1.54) is 6.07 Å². The monoisotopic (exact) mass is 311 g/mol. The van der Waals surface area contributed by atoms with Crippen LogP contribution >= 0.6 is 0 Å². The summed E-state index contributed by atoms with van der Waals surface area (Å²) in [5.41, 5.74) is 2.10. The third-order valence-electron chi connectivity index (χ3n) is 4.24. The van der Waals surface area contributed by atoms with Crippen molar-refractivity contribution in [2.45, 2.75) is 6.54 Å². The van der Waals surface area contributed by atoms with E-state index in [4.69, 9.17) is 0 Å². The molecule has 1 aliphatic rings. The van der Waals surface area contributed by atoms with Crippen molar-refractivity contribution in [1.29, 1.82) is 0 Å². The van der Waals surface area contributed by atoms with E-state index < -0.39 is 0 Å². The topological polar surface area (TPSA) is 48.1 Å². The molecule has 3 aromatic rings. The normalized spacial score (nSPS) is 16.1. The van der Waals surface area contributed by atoms with E-state index in [2.05, 4.69) is 24.8 Å². The van der Waals surface area contributed by atoms with E-state index >= 15 is 0 Å². The van der Waals surface area contributed by atoms with Gasteiger partial charge in [0.15, 0.2) is 0 Å². The van der Waals surface area contributed by atoms with Crippen molar-refractivity contribution in [3.8, 4) is 0 Å². The molecule has 2 aromatic heterocycles. The molecule has 1 fully saturated rings. The molecule has 1 saturated heterocycles. The van der Waals surface area contributed by atoms with Gasteiger partial charge in [-0.25, -0.2) is 14.4 Å². The van der Waals surface area contributed by atoms with Gasteiger partial charge in [0.05, 0.1) is 0 Å². The first-order valence-electron chi connectivity index (χ1n) is 7.79. The zero-order valence-corrected chi connectivity index (χ0v) is 12.7. The number of H-pyrrole nitrogens is 1. The average Bonchev–Trinajstić information content (AvgIpc) is 2.97. The first kappa shape index (κ1) is 14.1. The van der Waals surface area contributed by atoms with Gasteiger partial charge in [0, 0.05) is 61.7 Å². The Kier molecular flexibility index (Phi) is 3.67. The molecule has 1 aromatic carbocycles. The number of benzene rings is 1. The lowest BCUT2D eigenvalue weighted by Gasteiger charge is -2.34. The Bertz CT molecular complexity index is 793. The van der Waals surface area contributed by atoms with Gasteiger partial charge in [-0.1, -0.05) is 0 Å². The Hall–Kier alpha value is -2.47. The minimum atomic E-state index is -0.195. The van der Waals surface area contributed by atoms with Crippen LogP contribution in [0.1, 0.15) is 5.69 Å². The summed E-state index contributed by atoms with van der Waals surface area (Å²) < 4.78 is 13.3. The highest BCUT2D eigenvalue weighted by Gasteiger charge is 2.19. The summed E-state index contributed by atoms with van der Waals surface area (Å²) in [6.45, 7) is 4.60. The number of aromatic amines is 1. The molecule has 1 N–H and O–H groups in total. The predicted molar refractivity (Wildman–Crippen MR) is 87.8 cm³/mol. The molecule has 0 bridgehead atoms. The number of anilines is 1. The molecule has 0 atom stereocenters. The standard InChI is InChI=1S/C17H18FN5/c18-14-2-3-16-13(10-14)11-15(21-16)12-22-6-8-23(9-7-22)17-19-4-1-5-20-17/h1-5,10-11,21H,6-9,12H2. The molecule has 0 unspecified atom stereocenters. The van der Waals surface area contributed by atoms with E-state index in [1.807, 2.05) is 12.1 Å². The van der Waals surface area contributed by atoms with E-state index in [0.717, 1.165) is 55.3 Å². The minimum Gasteiger partial charge on any atom is -0.357 e. The van der Waals surface area contributed by atoms with Crippen molar-refractivity contribution < 1.29 is 4.39 Å². The molecule has 1 aliphatic heterocycles. The molecule has 6 heteroatoms. The van der Waals surface area contributed by atoms with Crippen LogP contribution in [0.2, 0.25) is 0 Å². The number of hydrogen-bond acceptors (Lipinski definition) is 4. The lowest BCUT2D eigenvalue weighted by atomic mass is 10.2. The number of nitrogens with zero attached hydrogens (tertiary/aromatic N) is 4. The van der Waals surface area contributed by atoms with E-state index in [-0.39, 0.29) is 5.82 Å². The fraction of sp³-hybridized carbons (Fsp3) is 0.294. The Balaban J connectivity index is 1.40. The van der Waals surface area contributed by atoms with Crippen LogP contribution in [0.25, 0.3) is 10.9 Å². The highest BCUT2D eigenvalue weighted by atomic mass is 19.1. The molecule has 5 nitrogen and oxygen atoms in total. The maximum absolute atomic E-state index is 13.3. The van der Waals surface area contributed by atoms with E-state index in [0.29, 0.717) is 0 Å². The summed E-state index contributed by atoms with van der Waals surface area (Å²) in [6.07, 6.45) is 3.55. The van der Waals surface area contributed by atoms with Crippen LogP contribution < -0.4 is 4.90 Å². The summed E-state index contributed by atoms with van der Waals surface area (Å²) in [5, 5.41) is 0.927. The van der Waals surface area contributed by atoms with Gasteiger partial charge in [-0.15, -0.1) is 0 Å². The quantitative estimate of drug-likeness (QED) is 0.807. The molecule has 3 heterocycles. The molecule has 0 radical (unpaired) electrons. The molecular weight excluding hydrogens is 293 g/mol. The summed E-state index contributed by atoms with van der Waals surface area (Å²) >= 11 is 0. The van der Waals surface area contributed by atoms with Gasteiger partial charge < -0.3 is 9.88 Å². The molecule has 23 heavy (non-hydrogen) atoms. The van der Waals surface area contributed by atoms with Gasteiger partial charge in [-0.2, -0.15) is 0 Å². The number of piperazine rings is 1. The van der Waals surface area contributed by atoms with Crippen LogP contribution in [0.4, 0.5) is 10.3 Å². The van der Waals surface area contributed by atoms with Gasteiger partial charge >= 0.3 is 0 Å². The molecule has 0 aliphatic carbocycles. The largest absolute Gasteiger partial charge is 0.357 e. The average molecular weight is 311 g/mol. The lowest BCUT2D eigenvalue weighted by molar-refractivity contribution is 0.246. The Morgan fingerprint density at radius 1 is 1.04 bits per heavy atom. The highest BCUT2D eigenvalue weighted by molar-refractivity contribution is 5.80. The third-order valence-corrected chi connectivity index (χ3v) is 4.24. The highest BCUT2D eigenvalue weighted by Crippen LogP contribution is 2.18.